The second-order valence-electron chi connectivity index (χ2n) is 6.82. The van der Waals surface area contributed by atoms with E-state index in [1.54, 1.807) is 11.8 Å². The van der Waals surface area contributed by atoms with E-state index in [0.717, 1.165) is 22.5 Å². The van der Waals surface area contributed by atoms with Gasteiger partial charge < -0.3 is 14.8 Å². The Morgan fingerprint density at radius 2 is 1.92 bits per heavy atom. The molecule has 1 aromatic carbocycles. The summed E-state index contributed by atoms with van der Waals surface area (Å²) in [6.45, 7) is 9.80. The molecule has 1 heterocycles. The van der Waals surface area contributed by atoms with E-state index in [-0.39, 0.29) is 18.1 Å². The number of aromatic nitrogens is 2. The number of ether oxygens (including phenoxy) is 2. The van der Waals surface area contributed by atoms with Crippen LogP contribution in [0, 0.1) is 13.8 Å². The zero-order chi connectivity index (χ0) is 19.4. The van der Waals surface area contributed by atoms with Crippen molar-refractivity contribution in [2.24, 2.45) is 7.05 Å². The number of carbonyl (C=O) groups is 1. The highest BCUT2D eigenvalue weighted by atomic mass is 16.5. The third-order valence-corrected chi connectivity index (χ3v) is 4.42. The normalized spacial score (nSPS) is 12.2. The Bertz CT molecular complexity index is 781. The Labute approximate surface area is 155 Å². The molecular weight excluding hydrogens is 330 g/mol. The number of nitrogens with one attached hydrogen (secondary N) is 1. The van der Waals surface area contributed by atoms with Gasteiger partial charge in [0.05, 0.1) is 31.4 Å². The number of amides is 1. The molecule has 1 aromatic heterocycles. The Balaban J connectivity index is 2.09. The zero-order valence-corrected chi connectivity index (χ0v) is 16.7. The molecule has 1 unspecified atom stereocenters. The molecule has 0 radical (unpaired) electrons. The number of aryl methyl sites for hydroxylation is 2. The van der Waals surface area contributed by atoms with Crippen LogP contribution < -0.4 is 14.8 Å². The molecule has 6 nitrogen and oxygen atoms in total. The SMILES string of the molecule is COc1cc(C(C)NC(=O)Cc2c(C)nn(C)c2C)ccc1OC(C)C. The zero-order valence-electron chi connectivity index (χ0n) is 16.7. The van der Waals surface area contributed by atoms with E-state index >= 15 is 0 Å². The third-order valence-electron chi connectivity index (χ3n) is 4.42. The van der Waals surface area contributed by atoms with Gasteiger partial charge in [0.1, 0.15) is 0 Å². The molecule has 142 valence electrons. The molecule has 1 atom stereocenters. The van der Waals surface area contributed by atoms with Crippen LogP contribution in [0.5, 0.6) is 11.5 Å². The Morgan fingerprint density at radius 1 is 1.23 bits per heavy atom. The van der Waals surface area contributed by atoms with Crippen molar-refractivity contribution >= 4 is 5.91 Å². The maximum absolute atomic E-state index is 12.5. The maximum Gasteiger partial charge on any atom is 0.225 e. The molecule has 0 aliphatic carbocycles. The summed E-state index contributed by atoms with van der Waals surface area (Å²) in [5.74, 6) is 1.33. The predicted molar refractivity (Wildman–Crippen MR) is 102 cm³/mol. The highest BCUT2D eigenvalue weighted by molar-refractivity contribution is 5.79. The minimum atomic E-state index is -0.137. The van der Waals surface area contributed by atoms with Crippen LogP contribution in [-0.4, -0.2) is 28.9 Å². The lowest BCUT2D eigenvalue weighted by Gasteiger charge is -2.18. The maximum atomic E-state index is 12.5. The average molecular weight is 359 g/mol. The number of rotatable bonds is 7. The molecule has 1 N–H and O–H groups in total. The molecule has 0 fully saturated rings. The van der Waals surface area contributed by atoms with Crippen molar-refractivity contribution in [2.45, 2.75) is 53.2 Å². The van der Waals surface area contributed by atoms with Gasteiger partial charge in [-0.2, -0.15) is 5.10 Å². The van der Waals surface area contributed by atoms with E-state index in [2.05, 4.69) is 10.4 Å². The summed E-state index contributed by atoms with van der Waals surface area (Å²) in [6, 6.07) is 5.60. The molecular formula is C20H29N3O3. The highest BCUT2D eigenvalue weighted by Gasteiger charge is 2.17. The van der Waals surface area contributed by atoms with E-state index in [0.29, 0.717) is 17.9 Å². The fourth-order valence-corrected chi connectivity index (χ4v) is 2.91. The summed E-state index contributed by atoms with van der Waals surface area (Å²) in [5, 5.41) is 7.41. The number of methoxy groups -OCH3 is 1. The lowest BCUT2D eigenvalue weighted by molar-refractivity contribution is -0.121. The molecule has 2 aromatic rings. The monoisotopic (exact) mass is 359 g/mol. The summed E-state index contributed by atoms with van der Waals surface area (Å²) in [7, 11) is 3.50. The first kappa shape index (κ1) is 19.8. The van der Waals surface area contributed by atoms with Crippen LogP contribution in [0.25, 0.3) is 0 Å². The standard InChI is InChI=1S/C20H29N3O3/c1-12(2)26-18-9-8-16(10-19(18)25-7)13(3)21-20(24)11-17-14(4)22-23(6)15(17)5/h8-10,12-13H,11H2,1-7H3,(H,21,24). The summed E-state index contributed by atoms with van der Waals surface area (Å²) >= 11 is 0. The Hall–Kier alpha value is -2.50. The average Bonchev–Trinajstić information content (AvgIpc) is 2.80. The van der Waals surface area contributed by atoms with Gasteiger partial charge in [0.25, 0.3) is 0 Å². The number of carbonyl (C=O) groups excluding carboxylic acids is 1. The van der Waals surface area contributed by atoms with Gasteiger partial charge in [-0.3, -0.25) is 9.48 Å². The van der Waals surface area contributed by atoms with Crippen LogP contribution in [-0.2, 0) is 18.3 Å². The van der Waals surface area contributed by atoms with Gasteiger partial charge in [0, 0.05) is 18.3 Å². The molecule has 0 saturated carbocycles. The molecule has 0 aliphatic rings. The predicted octanol–water partition coefficient (Wildman–Crippen LogP) is 3.25. The Kier molecular flexibility index (Phi) is 6.29. The summed E-state index contributed by atoms with van der Waals surface area (Å²) in [6.07, 6.45) is 0.388. The van der Waals surface area contributed by atoms with Gasteiger partial charge in [0.15, 0.2) is 11.5 Å². The van der Waals surface area contributed by atoms with Crippen LogP contribution >= 0.6 is 0 Å². The van der Waals surface area contributed by atoms with Crippen molar-refractivity contribution in [1.82, 2.24) is 15.1 Å². The second-order valence-corrected chi connectivity index (χ2v) is 6.82. The molecule has 0 aliphatic heterocycles. The van der Waals surface area contributed by atoms with Gasteiger partial charge in [-0.1, -0.05) is 6.07 Å². The quantitative estimate of drug-likeness (QED) is 0.824. The van der Waals surface area contributed by atoms with Crippen molar-refractivity contribution < 1.29 is 14.3 Å². The number of nitrogens with zero attached hydrogens (tertiary/aromatic N) is 2. The molecule has 0 spiro atoms. The van der Waals surface area contributed by atoms with Gasteiger partial charge in [-0.15, -0.1) is 0 Å². The van der Waals surface area contributed by atoms with Crippen LogP contribution in [0.4, 0.5) is 0 Å². The lowest BCUT2D eigenvalue weighted by Crippen LogP contribution is -2.28. The minimum absolute atomic E-state index is 0.0295. The highest BCUT2D eigenvalue weighted by Crippen LogP contribution is 2.31. The van der Waals surface area contributed by atoms with E-state index in [9.17, 15) is 4.79 Å². The molecule has 0 bridgehead atoms. The number of hydrogen-bond acceptors (Lipinski definition) is 4. The van der Waals surface area contributed by atoms with E-state index in [4.69, 9.17) is 9.47 Å². The van der Waals surface area contributed by atoms with Crippen molar-refractivity contribution in [2.75, 3.05) is 7.11 Å². The summed E-state index contributed by atoms with van der Waals surface area (Å²) in [4.78, 5) is 12.5. The molecule has 26 heavy (non-hydrogen) atoms. The first-order valence-corrected chi connectivity index (χ1v) is 8.86. The number of benzene rings is 1. The van der Waals surface area contributed by atoms with Gasteiger partial charge in [0.2, 0.25) is 5.91 Å². The van der Waals surface area contributed by atoms with Crippen molar-refractivity contribution in [1.29, 1.82) is 0 Å². The first-order valence-electron chi connectivity index (χ1n) is 8.86. The van der Waals surface area contributed by atoms with Crippen LogP contribution in [0.3, 0.4) is 0 Å². The molecule has 1 amide bonds. The second kappa shape index (κ2) is 8.25. The number of hydrogen-bond donors (Lipinski definition) is 1. The Morgan fingerprint density at radius 3 is 2.46 bits per heavy atom. The fraction of sp³-hybridized carbons (Fsp3) is 0.500. The largest absolute Gasteiger partial charge is 0.493 e. The van der Waals surface area contributed by atoms with Crippen LogP contribution in [0.1, 0.15) is 49.3 Å². The fourth-order valence-electron chi connectivity index (χ4n) is 2.91. The molecule has 6 heteroatoms. The van der Waals surface area contributed by atoms with E-state index in [1.165, 1.54) is 0 Å². The molecule has 0 saturated heterocycles. The minimum Gasteiger partial charge on any atom is -0.493 e. The van der Waals surface area contributed by atoms with Gasteiger partial charge in [-0.25, -0.2) is 0 Å². The van der Waals surface area contributed by atoms with Crippen molar-refractivity contribution in [3.05, 3.63) is 40.7 Å². The van der Waals surface area contributed by atoms with Crippen LogP contribution in [0.2, 0.25) is 0 Å². The van der Waals surface area contributed by atoms with Gasteiger partial charge >= 0.3 is 0 Å². The summed E-state index contributed by atoms with van der Waals surface area (Å²) in [5.41, 5.74) is 3.85. The van der Waals surface area contributed by atoms with Crippen molar-refractivity contribution in [3.8, 4) is 11.5 Å². The smallest absolute Gasteiger partial charge is 0.225 e. The topological polar surface area (TPSA) is 65.4 Å². The van der Waals surface area contributed by atoms with E-state index in [1.807, 2.05) is 59.9 Å². The van der Waals surface area contributed by atoms with E-state index < -0.39 is 0 Å². The van der Waals surface area contributed by atoms with Crippen LogP contribution in [0.15, 0.2) is 18.2 Å². The molecule has 2 rings (SSSR count). The third kappa shape index (κ3) is 4.56. The van der Waals surface area contributed by atoms with Crippen molar-refractivity contribution in [3.63, 3.8) is 0 Å². The van der Waals surface area contributed by atoms with Gasteiger partial charge in [-0.05, 0) is 52.3 Å². The first-order chi connectivity index (χ1) is 12.2. The summed E-state index contributed by atoms with van der Waals surface area (Å²) < 4.78 is 13.0. The lowest BCUT2D eigenvalue weighted by atomic mass is 10.1.